The molecule has 0 amide bonds. The van der Waals surface area contributed by atoms with Gasteiger partial charge in [-0.2, -0.15) is 0 Å². The maximum absolute atomic E-state index is 11.3. The van der Waals surface area contributed by atoms with E-state index in [2.05, 4.69) is 12.2 Å². The topological polar surface area (TPSA) is 72.8 Å². The molecular formula is C14H20N2O3. The summed E-state index contributed by atoms with van der Waals surface area (Å²) in [4.78, 5) is 13.4. The highest BCUT2D eigenvalue weighted by atomic mass is 16.4. The summed E-state index contributed by atoms with van der Waals surface area (Å²) in [6, 6.07) is 6.61. The summed E-state index contributed by atoms with van der Waals surface area (Å²) in [5, 5.41) is 21.8. The van der Waals surface area contributed by atoms with E-state index in [0.29, 0.717) is 6.54 Å². The lowest BCUT2D eigenvalue weighted by molar-refractivity contribution is -0.145. The Labute approximate surface area is 112 Å². The summed E-state index contributed by atoms with van der Waals surface area (Å²) in [6.45, 7) is 4.05. The molecule has 0 aliphatic carbocycles. The van der Waals surface area contributed by atoms with E-state index >= 15 is 0 Å². The average molecular weight is 264 g/mol. The number of carboxylic acid groups (broad SMARTS) is 1. The minimum Gasteiger partial charge on any atom is -0.508 e. The SMILES string of the molecule is CCC(c1ccc(O)cc1)N1CCNCC1C(=O)O. The maximum atomic E-state index is 11.3. The number of hydrogen-bond donors (Lipinski definition) is 3. The van der Waals surface area contributed by atoms with Crippen molar-refractivity contribution in [1.29, 1.82) is 0 Å². The van der Waals surface area contributed by atoms with Gasteiger partial charge >= 0.3 is 5.97 Å². The van der Waals surface area contributed by atoms with Crippen LogP contribution in [-0.2, 0) is 4.79 Å². The molecule has 1 aromatic carbocycles. The van der Waals surface area contributed by atoms with E-state index < -0.39 is 12.0 Å². The number of phenolic OH excluding ortho intramolecular Hbond substituents is 1. The number of nitrogens with one attached hydrogen (secondary N) is 1. The lowest BCUT2D eigenvalue weighted by Crippen LogP contribution is -2.55. The molecule has 1 saturated heterocycles. The Morgan fingerprint density at radius 1 is 1.47 bits per heavy atom. The van der Waals surface area contributed by atoms with Crippen LogP contribution < -0.4 is 5.32 Å². The normalized spacial score (nSPS) is 22.1. The Morgan fingerprint density at radius 3 is 2.74 bits per heavy atom. The summed E-state index contributed by atoms with van der Waals surface area (Å²) < 4.78 is 0. The molecule has 1 aliphatic rings. The minimum absolute atomic E-state index is 0.0730. The van der Waals surface area contributed by atoms with Gasteiger partial charge in [0.25, 0.3) is 0 Å². The predicted octanol–water partition coefficient (Wildman–Crippen LogP) is 1.20. The van der Waals surface area contributed by atoms with Gasteiger partial charge in [-0.25, -0.2) is 0 Å². The molecule has 19 heavy (non-hydrogen) atoms. The van der Waals surface area contributed by atoms with Crippen molar-refractivity contribution in [2.75, 3.05) is 19.6 Å². The van der Waals surface area contributed by atoms with Gasteiger partial charge in [-0.05, 0) is 24.1 Å². The number of piperazine rings is 1. The Hall–Kier alpha value is -1.59. The molecule has 2 unspecified atom stereocenters. The molecule has 5 nitrogen and oxygen atoms in total. The monoisotopic (exact) mass is 264 g/mol. The summed E-state index contributed by atoms with van der Waals surface area (Å²) >= 11 is 0. The second-order valence-corrected chi connectivity index (χ2v) is 4.81. The molecule has 1 aliphatic heterocycles. The number of aliphatic carboxylic acids is 1. The third-order valence-corrected chi connectivity index (χ3v) is 3.63. The van der Waals surface area contributed by atoms with Gasteiger partial charge in [-0.1, -0.05) is 19.1 Å². The molecule has 0 bridgehead atoms. The molecule has 0 aromatic heterocycles. The molecule has 5 heteroatoms. The summed E-state index contributed by atoms with van der Waals surface area (Å²) in [6.07, 6.45) is 0.842. The number of phenols is 1. The summed E-state index contributed by atoms with van der Waals surface area (Å²) in [5.74, 6) is -0.557. The van der Waals surface area contributed by atoms with E-state index in [1.807, 2.05) is 17.0 Å². The molecule has 104 valence electrons. The minimum atomic E-state index is -0.788. The molecule has 3 N–H and O–H groups in total. The second-order valence-electron chi connectivity index (χ2n) is 4.81. The predicted molar refractivity (Wildman–Crippen MR) is 72.1 cm³/mol. The quantitative estimate of drug-likeness (QED) is 0.762. The fraction of sp³-hybridized carbons (Fsp3) is 0.500. The van der Waals surface area contributed by atoms with Crippen LogP contribution in [0.25, 0.3) is 0 Å². The van der Waals surface area contributed by atoms with Crippen LogP contribution >= 0.6 is 0 Å². The zero-order valence-electron chi connectivity index (χ0n) is 11.0. The van der Waals surface area contributed by atoms with Crippen molar-refractivity contribution in [1.82, 2.24) is 10.2 Å². The van der Waals surface area contributed by atoms with Crippen molar-refractivity contribution in [3.05, 3.63) is 29.8 Å². The number of nitrogens with zero attached hydrogens (tertiary/aromatic N) is 1. The molecule has 0 radical (unpaired) electrons. The summed E-state index contributed by atoms with van der Waals surface area (Å²) in [5.41, 5.74) is 1.05. The van der Waals surface area contributed by atoms with Crippen molar-refractivity contribution in [2.45, 2.75) is 25.4 Å². The maximum Gasteiger partial charge on any atom is 0.322 e. The van der Waals surface area contributed by atoms with Gasteiger partial charge in [0.15, 0.2) is 0 Å². The first kappa shape index (κ1) is 13.8. The van der Waals surface area contributed by atoms with Crippen LogP contribution in [0.5, 0.6) is 5.75 Å². The molecule has 1 aromatic rings. The zero-order valence-corrected chi connectivity index (χ0v) is 11.0. The van der Waals surface area contributed by atoms with Crippen molar-refractivity contribution in [3.8, 4) is 5.75 Å². The number of carboxylic acids is 1. The molecule has 2 atom stereocenters. The number of hydrogen-bond acceptors (Lipinski definition) is 4. The first-order chi connectivity index (χ1) is 9.13. The lowest BCUT2D eigenvalue weighted by Gasteiger charge is -2.39. The Morgan fingerprint density at radius 2 is 2.16 bits per heavy atom. The highest BCUT2D eigenvalue weighted by Gasteiger charge is 2.33. The molecular weight excluding hydrogens is 244 g/mol. The van der Waals surface area contributed by atoms with E-state index in [-0.39, 0.29) is 11.8 Å². The Kier molecular flexibility index (Phi) is 4.39. The van der Waals surface area contributed by atoms with Crippen LogP contribution in [0.15, 0.2) is 24.3 Å². The van der Waals surface area contributed by atoms with E-state index in [4.69, 9.17) is 0 Å². The van der Waals surface area contributed by atoms with E-state index in [1.54, 1.807) is 12.1 Å². The van der Waals surface area contributed by atoms with Crippen LogP contribution in [-0.4, -0.2) is 46.8 Å². The van der Waals surface area contributed by atoms with Crippen LogP contribution in [0.4, 0.5) is 0 Å². The molecule has 1 fully saturated rings. The number of benzene rings is 1. The Balaban J connectivity index is 2.24. The third-order valence-electron chi connectivity index (χ3n) is 3.63. The average Bonchev–Trinajstić information content (AvgIpc) is 2.42. The first-order valence-electron chi connectivity index (χ1n) is 6.61. The van der Waals surface area contributed by atoms with E-state index in [0.717, 1.165) is 25.1 Å². The largest absolute Gasteiger partial charge is 0.508 e. The van der Waals surface area contributed by atoms with Gasteiger partial charge in [0, 0.05) is 25.7 Å². The number of aromatic hydroxyl groups is 1. The Bertz CT molecular complexity index is 433. The lowest BCUT2D eigenvalue weighted by atomic mass is 9.99. The third kappa shape index (κ3) is 3.05. The molecule has 0 saturated carbocycles. The van der Waals surface area contributed by atoms with Crippen LogP contribution in [0.1, 0.15) is 24.9 Å². The molecule has 1 heterocycles. The van der Waals surface area contributed by atoms with Crippen molar-refractivity contribution >= 4 is 5.97 Å². The number of carbonyl (C=O) groups is 1. The molecule has 2 rings (SSSR count). The fourth-order valence-electron chi connectivity index (χ4n) is 2.68. The summed E-state index contributed by atoms with van der Waals surface area (Å²) in [7, 11) is 0. The van der Waals surface area contributed by atoms with E-state index in [1.165, 1.54) is 0 Å². The van der Waals surface area contributed by atoms with Crippen LogP contribution in [0.2, 0.25) is 0 Å². The highest BCUT2D eigenvalue weighted by Crippen LogP contribution is 2.28. The van der Waals surface area contributed by atoms with Crippen molar-refractivity contribution in [3.63, 3.8) is 0 Å². The van der Waals surface area contributed by atoms with Crippen LogP contribution in [0.3, 0.4) is 0 Å². The van der Waals surface area contributed by atoms with Gasteiger partial charge in [0.1, 0.15) is 11.8 Å². The van der Waals surface area contributed by atoms with Gasteiger partial charge in [-0.15, -0.1) is 0 Å². The van der Waals surface area contributed by atoms with Gasteiger partial charge < -0.3 is 15.5 Å². The van der Waals surface area contributed by atoms with Crippen molar-refractivity contribution < 1.29 is 15.0 Å². The van der Waals surface area contributed by atoms with Gasteiger partial charge in [0.05, 0.1) is 0 Å². The standard InChI is InChI=1S/C14H20N2O3/c1-2-12(10-3-5-11(17)6-4-10)16-8-7-15-9-13(16)14(18)19/h3-6,12-13,15,17H,2,7-9H2,1H3,(H,18,19). The van der Waals surface area contributed by atoms with E-state index in [9.17, 15) is 15.0 Å². The zero-order chi connectivity index (χ0) is 13.8. The van der Waals surface area contributed by atoms with Crippen LogP contribution in [0, 0.1) is 0 Å². The fourth-order valence-corrected chi connectivity index (χ4v) is 2.68. The van der Waals surface area contributed by atoms with Crippen molar-refractivity contribution in [2.24, 2.45) is 0 Å². The first-order valence-corrected chi connectivity index (χ1v) is 6.61. The van der Waals surface area contributed by atoms with Gasteiger partial charge in [0.2, 0.25) is 0 Å². The highest BCUT2D eigenvalue weighted by molar-refractivity contribution is 5.74. The number of rotatable bonds is 4. The second kappa shape index (κ2) is 6.04. The van der Waals surface area contributed by atoms with Gasteiger partial charge in [-0.3, -0.25) is 9.69 Å². The molecule has 0 spiro atoms. The smallest absolute Gasteiger partial charge is 0.322 e.